The van der Waals surface area contributed by atoms with Gasteiger partial charge >= 0.3 is 6.18 Å². The zero-order chi connectivity index (χ0) is 15.8. The molecule has 0 unspecified atom stereocenters. The molecule has 1 aromatic heterocycles. The molecule has 0 radical (unpaired) electrons. The van der Waals surface area contributed by atoms with Crippen LogP contribution >= 0.6 is 0 Å². The third kappa shape index (κ3) is 3.22. The van der Waals surface area contributed by atoms with Gasteiger partial charge in [0.2, 0.25) is 0 Å². The lowest BCUT2D eigenvalue weighted by Gasteiger charge is -2.34. The quantitative estimate of drug-likeness (QED) is 0.909. The van der Waals surface area contributed by atoms with Crippen molar-refractivity contribution in [3.8, 4) is 0 Å². The second-order valence-electron chi connectivity index (χ2n) is 5.82. The van der Waals surface area contributed by atoms with E-state index >= 15 is 0 Å². The third-order valence-corrected chi connectivity index (χ3v) is 4.37. The van der Waals surface area contributed by atoms with E-state index in [4.69, 9.17) is 0 Å². The molecule has 1 fully saturated rings. The van der Waals surface area contributed by atoms with Gasteiger partial charge in [0.15, 0.2) is 0 Å². The zero-order valence-corrected chi connectivity index (χ0v) is 12.3. The summed E-state index contributed by atoms with van der Waals surface area (Å²) in [5, 5.41) is 5.99. The fourth-order valence-corrected chi connectivity index (χ4v) is 2.86. The molecule has 0 aliphatic heterocycles. The molecule has 4 nitrogen and oxygen atoms in total. The second-order valence-corrected chi connectivity index (χ2v) is 5.82. The van der Waals surface area contributed by atoms with E-state index in [0.29, 0.717) is 5.92 Å². The number of alkyl halides is 3. The predicted octanol–water partition coefficient (Wildman–Crippen LogP) is 3.56. The van der Waals surface area contributed by atoms with Gasteiger partial charge in [0.1, 0.15) is 5.56 Å². The van der Waals surface area contributed by atoms with Crippen LogP contribution in [0.3, 0.4) is 0 Å². The maximum absolute atomic E-state index is 12.8. The number of hydrogen-bond acceptors (Lipinski definition) is 3. The summed E-state index contributed by atoms with van der Waals surface area (Å²) >= 11 is 0. The maximum Gasteiger partial charge on any atom is 0.453 e. The number of halogens is 3. The molecule has 0 spiro atoms. The van der Waals surface area contributed by atoms with Crippen LogP contribution in [0, 0.1) is 18.8 Å². The van der Waals surface area contributed by atoms with Crippen molar-refractivity contribution in [2.24, 2.45) is 11.8 Å². The molecule has 7 heteroatoms. The van der Waals surface area contributed by atoms with Crippen LogP contribution in [-0.4, -0.2) is 17.1 Å². The average molecular weight is 304 g/mol. The molecule has 1 aromatic rings. The van der Waals surface area contributed by atoms with E-state index in [1.54, 1.807) is 0 Å². The summed E-state index contributed by atoms with van der Waals surface area (Å²) in [6.07, 6.45) is -1.90. The van der Waals surface area contributed by atoms with Gasteiger partial charge in [-0.05, 0) is 25.2 Å². The number of amides is 1. The van der Waals surface area contributed by atoms with Crippen molar-refractivity contribution in [1.82, 2.24) is 10.5 Å². The van der Waals surface area contributed by atoms with Gasteiger partial charge in [-0.25, -0.2) is 0 Å². The minimum Gasteiger partial charge on any atom is -0.351 e. The summed E-state index contributed by atoms with van der Waals surface area (Å²) in [5.41, 5.74) is -0.552. The molecule has 0 saturated heterocycles. The number of aryl methyl sites for hydroxylation is 1. The van der Waals surface area contributed by atoms with Crippen molar-refractivity contribution in [3.05, 3.63) is 17.0 Å². The van der Waals surface area contributed by atoms with Crippen LogP contribution in [0.4, 0.5) is 13.2 Å². The maximum atomic E-state index is 12.8. The van der Waals surface area contributed by atoms with Gasteiger partial charge in [-0.2, -0.15) is 13.2 Å². The first kappa shape index (κ1) is 15.9. The molecule has 0 bridgehead atoms. The van der Waals surface area contributed by atoms with Crippen molar-refractivity contribution >= 4 is 5.91 Å². The van der Waals surface area contributed by atoms with Crippen molar-refractivity contribution in [3.63, 3.8) is 0 Å². The third-order valence-electron chi connectivity index (χ3n) is 4.37. The van der Waals surface area contributed by atoms with Gasteiger partial charge in [-0.3, -0.25) is 4.79 Å². The molecule has 1 saturated carbocycles. The molecule has 3 atom stereocenters. The predicted molar refractivity (Wildman–Crippen MR) is 69.7 cm³/mol. The lowest BCUT2D eigenvalue weighted by Crippen LogP contribution is -2.44. The van der Waals surface area contributed by atoms with E-state index < -0.39 is 23.4 Å². The van der Waals surface area contributed by atoms with Crippen molar-refractivity contribution in [2.75, 3.05) is 0 Å². The fraction of sp³-hybridized carbons (Fsp3) is 0.714. The summed E-state index contributed by atoms with van der Waals surface area (Å²) in [7, 11) is 0. The Bertz CT molecular complexity index is 525. The number of rotatable bonds is 2. The minimum atomic E-state index is -4.72. The molecular formula is C14H19F3N2O2. The summed E-state index contributed by atoms with van der Waals surface area (Å²) in [5.74, 6) is -1.41. The lowest BCUT2D eigenvalue weighted by molar-refractivity contribution is -0.155. The number of nitrogens with zero attached hydrogens (tertiary/aromatic N) is 1. The molecule has 1 heterocycles. The Morgan fingerprint density at radius 2 is 2.00 bits per heavy atom. The summed E-state index contributed by atoms with van der Waals surface area (Å²) in [6.45, 7) is 5.44. The molecular weight excluding hydrogens is 285 g/mol. The average Bonchev–Trinajstić information content (AvgIpc) is 2.77. The topological polar surface area (TPSA) is 55.1 Å². The smallest absolute Gasteiger partial charge is 0.351 e. The number of carbonyl (C=O) groups excluding carboxylic acids is 1. The molecule has 21 heavy (non-hydrogen) atoms. The van der Waals surface area contributed by atoms with Crippen LogP contribution in [0.2, 0.25) is 0 Å². The van der Waals surface area contributed by atoms with Gasteiger partial charge in [0, 0.05) is 6.04 Å². The van der Waals surface area contributed by atoms with E-state index in [1.807, 2.05) is 6.92 Å². The highest BCUT2D eigenvalue weighted by molar-refractivity contribution is 5.96. The van der Waals surface area contributed by atoms with E-state index in [-0.39, 0.29) is 17.7 Å². The summed E-state index contributed by atoms with van der Waals surface area (Å²) in [4.78, 5) is 12.2. The zero-order valence-electron chi connectivity index (χ0n) is 12.3. The standard InChI is InChI=1S/C14H19F3N2O2/c1-7-5-4-6-10(8(7)2)18-13(20)11-9(3)19-21-12(11)14(15,16)17/h7-8,10H,4-6H2,1-3H3,(H,18,20)/t7-,8-,10-/m1/s1. The Morgan fingerprint density at radius 3 is 2.62 bits per heavy atom. The molecule has 118 valence electrons. The van der Waals surface area contributed by atoms with Crippen molar-refractivity contribution in [2.45, 2.75) is 52.3 Å². The molecule has 0 aromatic carbocycles. The second kappa shape index (κ2) is 5.69. The van der Waals surface area contributed by atoms with Crippen LogP contribution in [0.5, 0.6) is 0 Å². The Balaban J connectivity index is 2.19. The fourth-order valence-electron chi connectivity index (χ4n) is 2.86. The Kier molecular flexibility index (Phi) is 4.30. The van der Waals surface area contributed by atoms with Crippen molar-refractivity contribution in [1.29, 1.82) is 0 Å². The number of hydrogen-bond donors (Lipinski definition) is 1. The van der Waals surface area contributed by atoms with Crippen LogP contribution < -0.4 is 5.32 Å². The van der Waals surface area contributed by atoms with Gasteiger partial charge < -0.3 is 9.84 Å². The molecule has 1 aliphatic carbocycles. The van der Waals surface area contributed by atoms with E-state index in [2.05, 4.69) is 21.9 Å². The van der Waals surface area contributed by atoms with Crippen LogP contribution in [0.15, 0.2) is 4.52 Å². The van der Waals surface area contributed by atoms with Gasteiger partial charge in [-0.15, -0.1) is 0 Å². The van der Waals surface area contributed by atoms with E-state index in [1.165, 1.54) is 6.92 Å². The molecule has 1 N–H and O–H groups in total. The normalized spacial score (nSPS) is 26.7. The first-order valence-corrected chi connectivity index (χ1v) is 7.06. The first-order valence-electron chi connectivity index (χ1n) is 7.06. The number of carbonyl (C=O) groups is 1. The highest BCUT2D eigenvalue weighted by Gasteiger charge is 2.42. The molecule has 1 aliphatic rings. The largest absolute Gasteiger partial charge is 0.453 e. The first-order chi connectivity index (χ1) is 9.71. The summed E-state index contributed by atoms with van der Waals surface area (Å²) in [6, 6.07) is -0.114. The minimum absolute atomic E-state index is 0.0451. The monoisotopic (exact) mass is 304 g/mol. The van der Waals surface area contributed by atoms with Crippen molar-refractivity contribution < 1.29 is 22.5 Å². The van der Waals surface area contributed by atoms with Crippen LogP contribution in [0.25, 0.3) is 0 Å². The molecule has 1 amide bonds. The van der Waals surface area contributed by atoms with Crippen LogP contribution in [0.1, 0.15) is 54.9 Å². The number of aromatic nitrogens is 1. The highest BCUT2D eigenvalue weighted by atomic mass is 19.4. The highest BCUT2D eigenvalue weighted by Crippen LogP contribution is 2.34. The van der Waals surface area contributed by atoms with E-state index in [0.717, 1.165) is 19.3 Å². The Morgan fingerprint density at radius 1 is 1.33 bits per heavy atom. The SMILES string of the molecule is Cc1noc(C(F)(F)F)c1C(=O)N[C@@H]1CCC[C@@H](C)[C@H]1C. The lowest BCUT2D eigenvalue weighted by atomic mass is 9.78. The van der Waals surface area contributed by atoms with Gasteiger partial charge in [0.05, 0.1) is 5.69 Å². The van der Waals surface area contributed by atoms with Crippen LogP contribution in [-0.2, 0) is 6.18 Å². The van der Waals surface area contributed by atoms with Gasteiger partial charge in [0.25, 0.3) is 11.7 Å². The summed E-state index contributed by atoms with van der Waals surface area (Å²) < 4.78 is 42.8. The van der Waals surface area contributed by atoms with Gasteiger partial charge in [-0.1, -0.05) is 31.8 Å². The number of nitrogens with one attached hydrogen (secondary N) is 1. The van der Waals surface area contributed by atoms with E-state index in [9.17, 15) is 18.0 Å². The molecule has 2 rings (SSSR count). The Labute approximate surface area is 121 Å². The Hall–Kier alpha value is -1.53.